The summed E-state index contributed by atoms with van der Waals surface area (Å²) in [6, 6.07) is 16.5. The van der Waals surface area contributed by atoms with E-state index in [4.69, 9.17) is 0 Å². The Kier molecular flexibility index (Phi) is 5.10. The summed E-state index contributed by atoms with van der Waals surface area (Å²) in [4.78, 5) is 26.3. The van der Waals surface area contributed by atoms with Crippen molar-refractivity contribution in [1.29, 1.82) is 0 Å². The van der Waals surface area contributed by atoms with Crippen molar-refractivity contribution in [3.8, 4) is 0 Å². The van der Waals surface area contributed by atoms with Gasteiger partial charge in [0.2, 0.25) is 5.91 Å². The van der Waals surface area contributed by atoms with E-state index in [1.807, 2.05) is 61.5 Å². The van der Waals surface area contributed by atoms with Crippen LogP contribution in [0.1, 0.15) is 28.4 Å². The molecular weight excluding hydrogens is 274 g/mol. The van der Waals surface area contributed by atoms with Gasteiger partial charge in [-0.2, -0.15) is 0 Å². The first-order valence-corrected chi connectivity index (χ1v) is 7.39. The minimum Gasteiger partial charge on any atom is -0.335 e. The number of likely N-dealkylation sites (N-methyl/N-ethyl adjacent to an activating group) is 1. The molecule has 0 saturated carbocycles. The van der Waals surface area contributed by atoms with E-state index in [1.165, 1.54) is 4.90 Å². The first-order chi connectivity index (χ1) is 10.5. The average Bonchev–Trinajstić information content (AvgIpc) is 2.54. The molecule has 3 nitrogen and oxygen atoms in total. The van der Waals surface area contributed by atoms with Crippen LogP contribution in [0.25, 0.3) is 0 Å². The standard InChI is InChI=1S/C19H21NO2/c1-14-9-11-17(12-10-14)19(22)15(2)20(3)18(21)13-16-7-5-4-6-8-16/h4-12,15H,13H2,1-3H3. The molecular formula is C19H21NO2. The number of hydrogen-bond acceptors (Lipinski definition) is 2. The molecule has 22 heavy (non-hydrogen) atoms. The van der Waals surface area contributed by atoms with E-state index in [0.717, 1.165) is 11.1 Å². The van der Waals surface area contributed by atoms with Crippen molar-refractivity contribution in [3.63, 3.8) is 0 Å². The molecule has 0 aliphatic rings. The molecule has 2 rings (SSSR count). The molecule has 0 fully saturated rings. The van der Waals surface area contributed by atoms with Gasteiger partial charge in [-0.1, -0.05) is 60.2 Å². The highest BCUT2D eigenvalue weighted by atomic mass is 16.2. The fourth-order valence-electron chi connectivity index (χ4n) is 2.25. The molecule has 3 heteroatoms. The number of amides is 1. The molecule has 1 unspecified atom stereocenters. The van der Waals surface area contributed by atoms with Crippen LogP contribution in [0.3, 0.4) is 0 Å². The lowest BCUT2D eigenvalue weighted by atomic mass is 10.0. The monoisotopic (exact) mass is 295 g/mol. The van der Waals surface area contributed by atoms with Gasteiger partial charge >= 0.3 is 0 Å². The van der Waals surface area contributed by atoms with E-state index < -0.39 is 6.04 Å². The lowest BCUT2D eigenvalue weighted by Gasteiger charge is -2.24. The van der Waals surface area contributed by atoms with E-state index in [0.29, 0.717) is 12.0 Å². The summed E-state index contributed by atoms with van der Waals surface area (Å²) < 4.78 is 0. The first-order valence-electron chi connectivity index (χ1n) is 7.39. The van der Waals surface area contributed by atoms with Crippen LogP contribution in [0.4, 0.5) is 0 Å². The fourth-order valence-corrected chi connectivity index (χ4v) is 2.25. The van der Waals surface area contributed by atoms with Crippen LogP contribution in [0.15, 0.2) is 54.6 Å². The summed E-state index contributed by atoms with van der Waals surface area (Å²) in [7, 11) is 1.68. The van der Waals surface area contributed by atoms with E-state index in [-0.39, 0.29) is 11.7 Å². The third-order valence-corrected chi connectivity index (χ3v) is 3.89. The summed E-state index contributed by atoms with van der Waals surface area (Å²) in [6.07, 6.45) is 0.308. The maximum absolute atomic E-state index is 12.5. The van der Waals surface area contributed by atoms with E-state index in [2.05, 4.69) is 0 Å². The van der Waals surface area contributed by atoms with Gasteiger partial charge in [0, 0.05) is 12.6 Å². The van der Waals surface area contributed by atoms with E-state index in [1.54, 1.807) is 14.0 Å². The fraction of sp³-hybridized carbons (Fsp3) is 0.263. The van der Waals surface area contributed by atoms with Gasteiger partial charge in [0.05, 0.1) is 12.5 Å². The molecule has 1 amide bonds. The minimum atomic E-state index is -0.473. The predicted octanol–water partition coefficient (Wildman–Crippen LogP) is 3.27. The Hall–Kier alpha value is -2.42. The van der Waals surface area contributed by atoms with Crippen LogP contribution >= 0.6 is 0 Å². The van der Waals surface area contributed by atoms with Crippen molar-refractivity contribution in [2.45, 2.75) is 26.3 Å². The van der Waals surface area contributed by atoms with Gasteiger partial charge in [-0.05, 0) is 19.4 Å². The topological polar surface area (TPSA) is 37.4 Å². The van der Waals surface area contributed by atoms with Crippen LogP contribution in [0, 0.1) is 6.92 Å². The van der Waals surface area contributed by atoms with Gasteiger partial charge < -0.3 is 4.90 Å². The van der Waals surface area contributed by atoms with Gasteiger partial charge in [-0.3, -0.25) is 9.59 Å². The lowest BCUT2D eigenvalue weighted by molar-refractivity contribution is -0.130. The van der Waals surface area contributed by atoms with Gasteiger partial charge in [-0.25, -0.2) is 0 Å². The molecule has 0 N–H and O–H groups in total. The van der Waals surface area contributed by atoms with Gasteiger partial charge in [0.1, 0.15) is 0 Å². The summed E-state index contributed by atoms with van der Waals surface area (Å²) in [6.45, 7) is 3.75. The summed E-state index contributed by atoms with van der Waals surface area (Å²) in [5, 5.41) is 0. The highest BCUT2D eigenvalue weighted by Gasteiger charge is 2.23. The SMILES string of the molecule is Cc1ccc(C(=O)C(C)N(C)C(=O)Cc2ccccc2)cc1. The molecule has 0 aromatic heterocycles. The van der Waals surface area contributed by atoms with Crippen molar-refractivity contribution in [2.75, 3.05) is 7.05 Å². The Labute approximate surface area is 131 Å². The van der Waals surface area contributed by atoms with Crippen LogP contribution < -0.4 is 0 Å². The molecule has 0 saturated heterocycles. The quantitative estimate of drug-likeness (QED) is 0.794. The number of hydrogen-bond donors (Lipinski definition) is 0. The number of benzene rings is 2. The Morgan fingerprint density at radius 2 is 1.59 bits per heavy atom. The summed E-state index contributed by atoms with van der Waals surface area (Å²) in [5.41, 5.74) is 2.70. The normalized spacial score (nSPS) is 11.8. The number of aryl methyl sites for hydroxylation is 1. The number of nitrogens with zero attached hydrogens (tertiary/aromatic N) is 1. The van der Waals surface area contributed by atoms with E-state index >= 15 is 0 Å². The van der Waals surface area contributed by atoms with Crippen molar-refractivity contribution in [1.82, 2.24) is 4.90 Å². The third-order valence-electron chi connectivity index (χ3n) is 3.89. The molecule has 0 bridgehead atoms. The molecule has 0 aliphatic heterocycles. The number of Topliss-reactive ketones (excluding diaryl/α,β-unsaturated/α-hetero) is 1. The number of ketones is 1. The number of carbonyl (C=O) groups is 2. The second-order valence-corrected chi connectivity index (χ2v) is 5.57. The van der Waals surface area contributed by atoms with Gasteiger partial charge in [0.15, 0.2) is 5.78 Å². The zero-order valence-corrected chi connectivity index (χ0v) is 13.2. The Morgan fingerprint density at radius 3 is 2.18 bits per heavy atom. The number of carbonyl (C=O) groups excluding carboxylic acids is 2. The molecule has 0 radical (unpaired) electrons. The van der Waals surface area contributed by atoms with Crippen molar-refractivity contribution in [3.05, 3.63) is 71.3 Å². The third kappa shape index (κ3) is 3.82. The second kappa shape index (κ2) is 7.03. The molecule has 114 valence electrons. The Bertz CT molecular complexity index is 647. The predicted molar refractivity (Wildman–Crippen MR) is 87.9 cm³/mol. The Morgan fingerprint density at radius 1 is 1.00 bits per heavy atom. The van der Waals surface area contributed by atoms with Crippen molar-refractivity contribution >= 4 is 11.7 Å². The molecule has 2 aromatic carbocycles. The average molecular weight is 295 g/mol. The maximum Gasteiger partial charge on any atom is 0.227 e. The molecule has 1 atom stereocenters. The van der Waals surface area contributed by atoms with Crippen LogP contribution in [0.2, 0.25) is 0 Å². The lowest BCUT2D eigenvalue weighted by Crippen LogP contribution is -2.41. The maximum atomic E-state index is 12.5. The molecule has 2 aromatic rings. The Balaban J connectivity index is 2.04. The first kappa shape index (κ1) is 16.0. The second-order valence-electron chi connectivity index (χ2n) is 5.57. The van der Waals surface area contributed by atoms with Crippen molar-refractivity contribution in [2.24, 2.45) is 0 Å². The smallest absolute Gasteiger partial charge is 0.227 e. The zero-order valence-electron chi connectivity index (χ0n) is 13.2. The zero-order chi connectivity index (χ0) is 16.1. The van der Waals surface area contributed by atoms with E-state index in [9.17, 15) is 9.59 Å². The van der Waals surface area contributed by atoms with Gasteiger partial charge in [0.25, 0.3) is 0 Å². The molecule has 0 spiro atoms. The largest absolute Gasteiger partial charge is 0.335 e. The van der Waals surface area contributed by atoms with Gasteiger partial charge in [-0.15, -0.1) is 0 Å². The highest BCUT2D eigenvalue weighted by Crippen LogP contribution is 2.11. The molecule has 0 aliphatic carbocycles. The minimum absolute atomic E-state index is 0.0380. The van der Waals surface area contributed by atoms with Crippen molar-refractivity contribution < 1.29 is 9.59 Å². The van der Waals surface area contributed by atoms with Crippen LogP contribution in [0.5, 0.6) is 0 Å². The highest BCUT2D eigenvalue weighted by molar-refractivity contribution is 6.01. The summed E-state index contributed by atoms with van der Waals surface area (Å²) >= 11 is 0. The van der Waals surface area contributed by atoms with Crippen LogP contribution in [-0.4, -0.2) is 29.7 Å². The molecule has 0 heterocycles. The van der Waals surface area contributed by atoms with Crippen LogP contribution in [-0.2, 0) is 11.2 Å². The summed E-state index contributed by atoms with van der Waals surface area (Å²) in [5.74, 6) is -0.0944. The number of rotatable bonds is 5.